The standard InChI is InChI=1S/C8H14N2O3S/c1-2-9-3-7(11)10-5-14-4-6(10)8(12)13/h6,9H,2-5H2,1H3,(H,12,13). The third-order valence-electron chi connectivity index (χ3n) is 2.01. The molecule has 6 heteroatoms. The maximum Gasteiger partial charge on any atom is 0.327 e. The third-order valence-corrected chi connectivity index (χ3v) is 3.03. The van der Waals surface area contributed by atoms with Gasteiger partial charge >= 0.3 is 5.97 Å². The van der Waals surface area contributed by atoms with Crippen molar-refractivity contribution in [2.75, 3.05) is 24.7 Å². The van der Waals surface area contributed by atoms with E-state index in [9.17, 15) is 9.59 Å². The maximum atomic E-state index is 11.5. The molecule has 1 aliphatic heterocycles. The molecule has 1 fully saturated rings. The molecule has 1 heterocycles. The Hall–Kier alpha value is -0.750. The Morgan fingerprint density at radius 3 is 2.93 bits per heavy atom. The molecule has 1 aliphatic rings. The summed E-state index contributed by atoms with van der Waals surface area (Å²) in [5.41, 5.74) is 0. The molecule has 0 bridgehead atoms. The van der Waals surface area contributed by atoms with Crippen molar-refractivity contribution in [3.05, 3.63) is 0 Å². The minimum absolute atomic E-state index is 0.135. The summed E-state index contributed by atoms with van der Waals surface area (Å²) in [6, 6.07) is -0.647. The lowest BCUT2D eigenvalue weighted by atomic mass is 10.3. The predicted octanol–water partition coefficient (Wildman–Crippen LogP) is -0.418. The molecule has 0 aliphatic carbocycles. The number of rotatable bonds is 4. The molecule has 14 heavy (non-hydrogen) atoms. The van der Waals surface area contributed by atoms with Gasteiger partial charge in [-0.1, -0.05) is 6.92 Å². The number of likely N-dealkylation sites (N-methyl/N-ethyl adjacent to an activating group) is 1. The molecule has 5 nitrogen and oxygen atoms in total. The summed E-state index contributed by atoms with van der Waals surface area (Å²) < 4.78 is 0. The van der Waals surface area contributed by atoms with E-state index < -0.39 is 12.0 Å². The third kappa shape index (κ3) is 2.62. The number of nitrogens with zero attached hydrogens (tertiary/aromatic N) is 1. The molecule has 0 aromatic carbocycles. The van der Waals surface area contributed by atoms with Crippen LogP contribution in [0.4, 0.5) is 0 Å². The van der Waals surface area contributed by atoms with E-state index in [1.807, 2.05) is 6.92 Å². The number of amides is 1. The Morgan fingerprint density at radius 2 is 2.36 bits per heavy atom. The average Bonchev–Trinajstić information content (AvgIpc) is 2.62. The van der Waals surface area contributed by atoms with Gasteiger partial charge in [-0.05, 0) is 6.54 Å². The van der Waals surface area contributed by atoms with Gasteiger partial charge in [-0.15, -0.1) is 11.8 Å². The van der Waals surface area contributed by atoms with Crippen molar-refractivity contribution < 1.29 is 14.7 Å². The van der Waals surface area contributed by atoms with Gasteiger partial charge in [-0.3, -0.25) is 4.79 Å². The summed E-state index contributed by atoms with van der Waals surface area (Å²) >= 11 is 1.48. The number of carbonyl (C=O) groups is 2. The van der Waals surface area contributed by atoms with Gasteiger partial charge in [-0.25, -0.2) is 4.79 Å². The Morgan fingerprint density at radius 1 is 1.64 bits per heavy atom. The zero-order valence-electron chi connectivity index (χ0n) is 8.02. The molecule has 1 saturated heterocycles. The number of aliphatic carboxylic acids is 1. The number of nitrogens with one attached hydrogen (secondary N) is 1. The van der Waals surface area contributed by atoms with Gasteiger partial charge < -0.3 is 15.3 Å². The average molecular weight is 218 g/mol. The first-order valence-electron chi connectivity index (χ1n) is 4.47. The fourth-order valence-corrected chi connectivity index (χ4v) is 2.40. The van der Waals surface area contributed by atoms with Crippen molar-refractivity contribution in [1.82, 2.24) is 10.2 Å². The van der Waals surface area contributed by atoms with E-state index in [-0.39, 0.29) is 12.5 Å². The highest BCUT2D eigenvalue weighted by Crippen LogP contribution is 2.20. The summed E-state index contributed by atoms with van der Waals surface area (Å²) in [7, 11) is 0. The molecule has 1 unspecified atom stereocenters. The van der Waals surface area contributed by atoms with E-state index in [0.29, 0.717) is 18.2 Å². The minimum Gasteiger partial charge on any atom is -0.480 e. The Labute approximate surface area is 86.8 Å². The van der Waals surface area contributed by atoms with Crippen LogP contribution in [0.3, 0.4) is 0 Å². The largest absolute Gasteiger partial charge is 0.480 e. The molecule has 1 amide bonds. The first kappa shape index (κ1) is 11.3. The van der Waals surface area contributed by atoms with Crippen molar-refractivity contribution in [3.8, 4) is 0 Å². The van der Waals surface area contributed by atoms with Crippen LogP contribution in [0.25, 0.3) is 0 Å². The predicted molar refractivity (Wildman–Crippen MR) is 54.1 cm³/mol. The summed E-state index contributed by atoms with van der Waals surface area (Å²) in [5.74, 6) is -0.0712. The maximum absolute atomic E-state index is 11.5. The number of carboxylic acid groups (broad SMARTS) is 1. The molecule has 0 aromatic rings. The molecule has 0 aromatic heterocycles. The first-order chi connectivity index (χ1) is 6.66. The lowest BCUT2D eigenvalue weighted by molar-refractivity contribution is -0.147. The van der Waals surface area contributed by atoms with Crippen LogP contribution in [-0.4, -0.2) is 52.6 Å². The zero-order chi connectivity index (χ0) is 10.6. The molecular formula is C8H14N2O3S. The van der Waals surface area contributed by atoms with E-state index in [1.165, 1.54) is 16.7 Å². The number of thioether (sulfide) groups is 1. The van der Waals surface area contributed by atoms with Gasteiger partial charge in [0.2, 0.25) is 5.91 Å². The van der Waals surface area contributed by atoms with Gasteiger partial charge in [0.05, 0.1) is 12.4 Å². The van der Waals surface area contributed by atoms with Crippen LogP contribution >= 0.6 is 11.8 Å². The zero-order valence-corrected chi connectivity index (χ0v) is 8.84. The highest BCUT2D eigenvalue weighted by molar-refractivity contribution is 7.99. The number of hydrogen-bond donors (Lipinski definition) is 2. The van der Waals surface area contributed by atoms with Crippen molar-refractivity contribution in [2.24, 2.45) is 0 Å². The van der Waals surface area contributed by atoms with Crippen molar-refractivity contribution in [2.45, 2.75) is 13.0 Å². The second kappa shape index (κ2) is 5.21. The molecule has 0 radical (unpaired) electrons. The summed E-state index contributed by atoms with van der Waals surface area (Å²) in [6.07, 6.45) is 0. The fourth-order valence-electron chi connectivity index (χ4n) is 1.23. The van der Waals surface area contributed by atoms with E-state index in [0.717, 1.165) is 0 Å². The summed E-state index contributed by atoms with van der Waals surface area (Å²) in [4.78, 5) is 23.7. The SMILES string of the molecule is CCNCC(=O)N1CSCC1C(=O)O. The van der Waals surface area contributed by atoms with Gasteiger partial charge in [0.1, 0.15) is 6.04 Å². The van der Waals surface area contributed by atoms with Crippen molar-refractivity contribution >= 4 is 23.6 Å². The van der Waals surface area contributed by atoms with Crippen LogP contribution < -0.4 is 5.32 Å². The Kier molecular flexibility index (Phi) is 4.21. The van der Waals surface area contributed by atoms with Crippen LogP contribution in [0.2, 0.25) is 0 Å². The van der Waals surface area contributed by atoms with Crippen LogP contribution in [0.5, 0.6) is 0 Å². The fraction of sp³-hybridized carbons (Fsp3) is 0.750. The second-order valence-corrected chi connectivity index (χ2v) is 4.00. The molecule has 1 rings (SSSR count). The second-order valence-electron chi connectivity index (χ2n) is 3.00. The van der Waals surface area contributed by atoms with Crippen LogP contribution in [0, 0.1) is 0 Å². The van der Waals surface area contributed by atoms with Gasteiger partial charge in [0, 0.05) is 5.75 Å². The molecular weight excluding hydrogens is 204 g/mol. The molecule has 80 valence electrons. The molecule has 0 spiro atoms. The quantitative estimate of drug-likeness (QED) is 0.671. The molecule has 1 atom stereocenters. The van der Waals surface area contributed by atoms with Crippen molar-refractivity contribution in [3.63, 3.8) is 0 Å². The highest BCUT2D eigenvalue weighted by atomic mass is 32.2. The smallest absolute Gasteiger partial charge is 0.327 e. The van der Waals surface area contributed by atoms with E-state index >= 15 is 0 Å². The Balaban J connectivity index is 2.49. The lowest BCUT2D eigenvalue weighted by Gasteiger charge is -2.20. The highest BCUT2D eigenvalue weighted by Gasteiger charge is 2.33. The van der Waals surface area contributed by atoms with Crippen LogP contribution in [0.1, 0.15) is 6.92 Å². The summed E-state index contributed by atoms with van der Waals surface area (Å²) in [6.45, 7) is 2.84. The minimum atomic E-state index is -0.917. The van der Waals surface area contributed by atoms with E-state index in [1.54, 1.807) is 0 Å². The van der Waals surface area contributed by atoms with E-state index in [4.69, 9.17) is 5.11 Å². The van der Waals surface area contributed by atoms with Gasteiger partial charge in [-0.2, -0.15) is 0 Å². The number of carbonyl (C=O) groups excluding carboxylic acids is 1. The number of carboxylic acids is 1. The van der Waals surface area contributed by atoms with Crippen LogP contribution in [-0.2, 0) is 9.59 Å². The first-order valence-corrected chi connectivity index (χ1v) is 5.63. The molecule has 0 saturated carbocycles. The number of hydrogen-bond acceptors (Lipinski definition) is 4. The van der Waals surface area contributed by atoms with Gasteiger partial charge in [0.15, 0.2) is 0 Å². The Bertz CT molecular complexity index is 235. The van der Waals surface area contributed by atoms with Gasteiger partial charge in [0.25, 0.3) is 0 Å². The molecule has 2 N–H and O–H groups in total. The van der Waals surface area contributed by atoms with Crippen LogP contribution in [0.15, 0.2) is 0 Å². The summed E-state index contributed by atoms with van der Waals surface area (Å²) in [5, 5.41) is 11.7. The monoisotopic (exact) mass is 218 g/mol. The van der Waals surface area contributed by atoms with E-state index in [2.05, 4.69) is 5.32 Å². The van der Waals surface area contributed by atoms with Crippen molar-refractivity contribution in [1.29, 1.82) is 0 Å². The topological polar surface area (TPSA) is 69.6 Å². The lowest BCUT2D eigenvalue weighted by Crippen LogP contribution is -2.45. The normalized spacial score (nSPS) is 21.2.